The van der Waals surface area contributed by atoms with Gasteiger partial charge in [0.2, 0.25) is 5.91 Å². The lowest BCUT2D eigenvalue weighted by Gasteiger charge is -2.21. The average molecular weight is 289 g/mol. The van der Waals surface area contributed by atoms with Gasteiger partial charge < -0.3 is 4.90 Å². The van der Waals surface area contributed by atoms with Crippen LogP contribution in [0.1, 0.15) is 32.8 Å². The summed E-state index contributed by atoms with van der Waals surface area (Å²) in [5.74, 6) is 5.89. The fraction of sp³-hybridized carbons (Fsp3) is 0.471. The number of hydrogen-bond acceptors (Lipinski definition) is 3. The molecule has 0 aliphatic rings. The molecule has 1 rings (SSSR count). The van der Waals surface area contributed by atoms with Gasteiger partial charge in [0.25, 0.3) is 0 Å². The van der Waals surface area contributed by atoms with Gasteiger partial charge in [-0.25, -0.2) is 9.78 Å². The first-order chi connectivity index (χ1) is 9.78. The monoisotopic (exact) mass is 289 g/mol. The second-order valence-electron chi connectivity index (χ2n) is 5.91. The van der Waals surface area contributed by atoms with Gasteiger partial charge >= 0.3 is 0 Å². The highest BCUT2D eigenvalue weighted by Crippen LogP contribution is 2.11. The molecular weight excluding hydrogens is 266 g/mol. The van der Waals surface area contributed by atoms with E-state index in [0.29, 0.717) is 0 Å². The van der Waals surface area contributed by atoms with Crippen LogP contribution in [-0.2, 0) is 14.6 Å². The molecule has 4 nitrogen and oxygen atoms in total. The Morgan fingerprint density at radius 2 is 1.86 bits per heavy atom. The van der Waals surface area contributed by atoms with Crippen LogP contribution in [0.5, 0.6) is 0 Å². The van der Waals surface area contributed by atoms with Crippen LogP contribution in [0.4, 0.5) is 0 Å². The fourth-order valence-electron chi connectivity index (χ4n) is 1.34. The van der Waals surface area contributed by atoms with E-state index < -0.39 is 11.7 Å². The first-order valence-corrected chi connectivity index (χ1v) is 6.89. The molecule has 114 valence electrons. The summed E-state index contributed by atoms with van der Waals surface area (Å²) in [4.78, 5) is 23.9. The lowest BCUT2D eigenvalue weighted by Crippen LogP contribution is -2.29. The molecule has 1 aromatic rings. The van der Waals surface area contributed by atoms with E-state index in [1.165, 1.54) is 4.90 Å². The van der Waals surface area contributed by atoms with E-state index >= 15 is 0 Å². The normalized spacial score (nSPS) is 12.2. The van der Waals surface area contributed by atoms with Crippen molar-refractivity contribution >= 4 is 5.91 Å². The smallest absolute Gasteiger partial charge is 0.225 e. The van der Waals surface area contributed by atoms with Crippen molar-refractivity contribution in [2.45, 2.75) is 38.9 Å². The van der Waals surface area contributed by atoms with E-state index in [4.69, 9.17) is 9.78 Å². The number of nitrogens with zero attached hydrogens (tertiary/aromatic N) is 1. The number of benzene rings is 1. The summed E-state index contributed by atoms with van der Waals surface area (Å²) in [5, 5.41) is 0. The molecule has 0 saturated carbocycles. The van der Waals surface area contributed by atoms with Gasteiger partial charge in [-0.15, -0.1) is 0 Å². The second kappa shape index (κ2) is 7.82. The highest BCUT2D eigenvalue weighted by Gasteiger charge is 2.19. The van der Waals surface area contributed by atoms with Gasteiger partial charge in [-0.2, -0.15) is 0 Å². The molecule has 0 heterocycles. The van der Waals surface area contributed by atoms with Crippen LogP contribution in [0.3, 0.4) is 0 Å². The summed E-state index contributed by atoms with van der Waals surface area (Å²) in [6.45, 7) is 5.63. The lowest BCUT2D eigenvalue weighted by molar-refractivity contribution is -0.362. The molecular formula is C17H23NO3. The Labute approximate surface area is 127 Å². The highest BCUT2D eigenvalue weighted by molar-refractivity contribution is 5.76. The molecule has 4 heteroatoms. The van der Waals surface area contributed by atoms with Crippen molar-refractivity contribution in [3.05, 3.63) is 35.9 Å². The average Bonchev–Trinajstić information content (AvgIpc) is 2.41. The van der Waals surface area contributed by atoms with Crippen LogP contribution in [0.15, 0.2) is 30.3 Å². The lowest BCUT2D eigenvalue weighted by atomic mass is 10.2. The summed E-state index contributed by atoms with van der Waals surface area (Å²) in [6.07, 6.45) is -0.442. The molecule has 0 N–H and O–H groups in total. The van der Waals surface area contributed by atoms with Crippen molar-refractivity contribution in [3.8, 4) is 11.8 Å². The van der Waals surface area contributed by atoms with E-state index in [0.717, 1.165) is 5.56 Å². The minimum absolute atomic E-state index is 0.0557. The van der Waals surface area contributed by atoms with Crippen LogP contribution >= 0.6 is 0 Å². The van der Waals surface area contributed by atoms with Gasteiger partial charge in [0, 0.05) is 19.7 Å². The fourth-order valence-corrected chi connectivity index (χ4v) is 1.34. The molecule has 0 radical (unpaired) electrons. The van der Waals surface area contributed by atoms with Crippen molar-refractivity contribution in [2.24, 2.45) is 0 Å². The third-order valence-electron chi connectivity index (χ3n) is 2.42. The van der Waals surface area contributed by atoms with E-state index in [-0.39, 0.29) is 12.3 Å². The van der Waals surface area contributed by atoms with Crippen LogP contribution in [0.2, 0.25) is 0 Å². The molecule has 21 heavy (non-hydrogen) atoms. The van der Waals surface area contributed by atoms with Crippen LogP contribution in [0, 0.1) is 11.8 Å². The van der Waals surface area contributed by atoms with Gasteiger partial charge in [0.05, 0.1) is 12.0 Å². The van der Waals surface area contributed by atoms with E-state index in [1.807, 2.05) is 51.1 Å². The van der Waals surface area contributed by atoms with Crippen LogP contribution < -0.4 is 0 Å². The standard InChI is InChI=1S/C17H23NO3/c1-17(2,3)21-20-15(13-16(19)18(4)5)12-11-14-9-7-6-8-10-14/h6-10,15H,13H2,1-5H3. The van der Waals surface area contributed by atoms with Crippen molar-refractivity contribution in [1.29, 1.82) is 0 Å². The third-order valence-corrected chi connectivity index (χ3v) is 2.42. The summed E-state index contributed by atoms with van der Waals surface area (Å²) in [5.41, 5.74) is 0.424. The van der Waals surface area contributed by atoms with Crippen LogP contribution in [-0.4, -0.2) is 36.6 Å². The molecule has 1 amide bonds. The van der Waals surface area contributed by atoms with Crippen LogP contribution in [0.25, 0.3) is 0 Å². The minimum Gasteiger partial charge on any atom is -0.349 e. The first kappa shape index (κ1) is 17.2. The number of carbonyl (C=O) groups excluding carboxylic acids is 1. The van der Waals surface area contributed by atoms with E-state index in [2.05, 4.69) is 11.8 Å². The molecule has 0 saturated heterocycles. The molecule has 0 spiro atoms. The zero-order valence-electron chi connectivity index (χ0n) is 13.3. The van der Waals surface area contributed by atoms with Crippen molar-refractivity contribution in [3.63, 3.8) is 0 Å². The molecule has 0 aliphatic carbocycles. The van der Waals surface area contributed by atoms with Gasteiger partial charge in [-0.1, -0.05) is 30.0 Å². The van der Waals surface area contributed by atoms with E-state index in [1.54, 1.807) is 14.1 Å². The van der Waals surface area contributed by atoms with Crippen molar-refractivity contribution in [1.82, 2.24) is 4.90 Å². The largest absolute Gasteiger partial charge is 0.349 e. The Morgan fingerprint density at radius 3 is 2.38 bits per heavy atom. The topological polar surface area (TPSA) is 38.8 Å². The maximum Gasteiger partial charge on any atom is 0.225 e. The van der Waals surface area contributed by atoms with Gasteiger partial charge in [-0.05, 0) is 32.9 Å². The predicted molar refractivity (Wildman–Crippen MR) is 82.3 cm³/mol. The van der Waals surface area contributed by atoms with Crippen molar-refractivity contribution in [2.75, 3.05) is 14.1 Å². The Bertz CT molecular complexity index is 506. The van der Waals surface area contributed by atoms with Gasteiger partial charge in [0.1, 0.15) is 0 Å². The molecule has 0 aliphatic heterocycles. The summed E-state index contributed by atoms with van der Waals surface area (Å²) < 4.78 is 0. The SMILES string of the molecule is CN(C)C(=O)CC(C#Cc1ccccc1)OOC(C)(C)C. The zero-order chi connectivity index (χ0) is 15.9. The summed E-state index contributed by atoms with van der Waals surface area (Å²) >= 11 is 0. The Balaban J connectivity index is 2.76. The Morgan fingerprint density at radius 1 is 1.24 bits per heavy atom. The number of rotatable bonds is 4. The third kappa shape index (κ3) is 7.50. The predicted octanol–water partition coefficient (Wildman–Crippen LogP) is 2.63. The molecule has 0 fully saturated rings. The molecule has 0 bridgehead atoms. The maximum absolute atomic E-state index is 11.8. The zero-order valence-corrected chi connectivity index (χ0v) is 13.3. The second-order valence-corrected chi connectivity index (χ2v) is 5.91. The minimum atomic E-state index is -0.598. The Kier molecular flexibility index (Phi) is 6.41. The number of amides is 1. The molecule has 0 aromatic heterocycles. The van der Waals surface area contributed by atoms with Crippen molar-refractivity contribution < 1.29 is 14.6 Å². The molecule has 1 unspecified atom stereocenters. The number of hydrogen-bond donors (Lipinski definition) is 0. The Hall–Kier alpha value is -1.83. The number of carbonyl (C=O) groups is 1. The first-order valence-electron chi connectivity index (χ1n) is 6.89. The quantitative estimate of drug-likeness (QED) is 0.486. The van der Waals surface area contributed by atoms with Gasteiger partial charge in [-0.3, -0.25) is 4.79 Å². The highest BCUT2D eigenvalue weighted by atomic mass is 17.2. The van der Waals surface area contributed by atoms with E-state index in [9.17, 15) is 4.79 Å². The molecule has 1 atom stereocenters. The molecule has 1 aromatic carbocycles. The summed E-state index contributed by atoms with van der Waals surface area (Å²) in [6, 6.07) is 9.56. The van der Waals surface area contributed by atoms with Gasteiger partial charge in [0.15, 0.2) is 6.10 Å². The maximum atomic E-state index is 11.8. The summed E-state index contributed by atoms with van der Waals surface area (Å²) in [7, 11) is 3.41.